The number of cyclic esters (lactones) is 1. The number of rotatable bonds is 11. The fourth-order valence-electron chi connectivity index (χ4n) is 11.2. The first kappa shape index (κ1) is 78.2. The van der Waals surface area contributed by atoms with Crippen LogP contribution in [0.4, 0.5) is 0 Å². The second-order valence-electron chi connectivity index (χ2n) is 25.0. The van der Waals surface area contributed by atoms with Crippen molar-refractivity contribution in [3.05, 3.63) is 47.6 Å². The largest absolute Gasteiger partial charge is 0.481 e. The minimum Gasteiger partial charge on any atom is -0.481 e. The van der Waals surface area contributed by atoms with Gasteiger partial charge in [-0.2, -0.15) is 0 Å². The number of aliphatic carboxylic acids is 1. The standard InChI is InChI=1S/C63H111N3O20/c1-35(18-13-12-16-25-66-62(64-10)65-11)26-39(5)59-38(4)19-14-15-21-48(69)40(6)51(72)29-45(68)27-44(67)28-46(84-57(79)33-56(77)78)30-47-31-54(75)60(81)63(83,86-47)34-55(76)36(2)20-17-22-49(70)41(7)52(73)32-53(74)42(8)50(71)24-23-37(3)58(80)43(9)61(82)85-59/h14-15,18-19,21,23,36,38-55,58-60,67-76,80-81,83H,12-13,16-17,20,22,24-34H2,1-11H3,(H,77,78)(H2,64,65,66)/b19-14?,21-15?,35-18+,37-23?/t36?,38?,39?,40?,41?,42?,43?,44?,45?,46?,47-,48?,49?,50?,51?,52?,53?,54+,55?,58?,59?,60-,63+/m1/s1. The topological polar surface area (TPSA) is 399 Å². The molecule has 23 atom stereocenters. The maximum absolute atomic E-state index is 14.0. The smallest absolute Gasteiger partial charge is 0.317 e. The Morgan fingerprint density at radius 2 is 1.40 bits per heavy atom. The van der Waals surface area contributed by atoms with Gasteiger partial charge in [-0.1, -0.05) is 90.0 Å². The number of hydrogen-bond acceptors (Lipinski definition) is 20. The van der Waals surface area contributed by atoms with Crippen LogP contribution < -0.4 is 10.6 Å². The number of fused-ring (bicyclic) bond motifs is 2. The molecule has 2 aliphatic heterocycles. The molecule has 0 spiro atoms. The molecule has 0 aromatic rings. The van der Waals surface area contributed by atoms with Crippen LogP contribution >= 0.6 is 0 Å². The Kier molecular flexibility index (Phi) is 35.7. The van der Waals surface area contributed by atoms with E-state index in [1.807, 2.05) is 26.8 Å². The van der Waals surface area contributed by atoms with E-state index in [1.165, 1.54) is 6.08 Å². The molecule has 16 N–H and O–H groups in total. The molecule has 1 fully saturated rings. The number of nitrogens with one attached hydrogen (secondary N) is 2. The summed E-state index contributed by atoms with van der Waals surface area (Å²) in [7, 11) is 3.50. The van der Waals surface area contributed by atoms with Gasteiger partial charge < -0.3 is 96.3 Å². The van der Waals surface area contributed by atoms with Gasteiger partial charge in [0.15, 0.2) is 11.7 Å². The Bertz CT molecular complexity index is 2150. The van der Waals surface area contributed by atoms with Gasteiger partial charge in [0.25, 0.3) is 0 Å². The summed E-state index contributed by atoms with van der Waals surface area (Å²) in [6.07, 6.45) is -8.41. The summed E-state index contributed by atoms with van der Waals surface area (Å²) in [5, 5.41) is 161. The predicted octanol–water partition coefficient (Wildman–Crippen LogP) is 2.82. The molecule has 19 unspecified atom stereocenters. The summed E-state index contributed by atoms with van der Waals surface area (Å²) >= 11 is 0. The van der Waals surface area contributed by atoms with E-state index in [4.69, 9.17) is 14.2 Å². The highest BCUT2D eigenvalue weighted by Gasteiger charge is 2.50. The third kappa shape index (κ3) is 27.4. The van der Waals surface area contributed by atoms with Crippen LogP contribution in [0.5, 0.6) is 0 Å². The number of carbonyl (C=O) groups excluding carboxylic acids is 2. The second kappa shape index (κ2) is 39.3. The van der Waals surface area contributed by atoms with E-state index in [1.54, 1.807) is 73.9 Å². The Morgan fingerprint density at radius 1 is 0.779 bits per heavy atom. The molecular weight excluding hydrogens is 1120 g/mol. The van der Waals surface area contributed by atoms with Crippen LogP contribution in [-0.4, -0.2) is 213 Å². The molecule has 2 heterocycles. The third-order valence-electron chi connectivity index (χ3n) is 17.5. The van der Waals surface area contributed by atoms with Crippen molar-refractivity contribution in [2.45, 2.75) is 262 Å². The van der Waals surface area contributed by atoms with E-state index < -0.39 is 164 Å². The molecule has 0 aromatic heterocycles. The molecule has 498 valence electrons. The number of hydrogen-bond donors (Lipinski definition) is 16. The van der Waals surface area contributed by atoms with Crippen molar-refractivity contribution in [1.29, 1.82) is 0 Å². The third-order valence-corrected chi connectivity index (χ3v) is 17.5. The van der Waals surface area contributed by atoms with Crippen molar-refractivity contribution in [3.63, 3.8) is 0 Å². The Labute approximate surface area is 510 Å². The highest BCUT2D eigenvalue weighted by atomic mass is 16.7. The van der Waals surface area contributed by atoms with Gasteiger partial charge in [0.05, 0.1) is 79.2 Å². The van der Waals surface area contributed by atoms with Gasteiger partial charge >= 0.3 is 17.9 Å². The normalized spacial score (nSPS) is 38.2. The lowest BCUT2D eigenvalue weighted by Gasteiger charge is -2.45. The molecule has 2 rings (SSSR count). The Morgan fingerprint density at radius 3 is 2.02 bits per heavy atom. The van der Waals surface area contributed by atoms with E-state index in [0.717, 1.165) is 31.4 Å². The molecule has 0 aliphatic carbocycles. The highest BCUT2D eigenvalue weighted by molar-refractivity contribution is 5.90. The molecule has 0 saturated carbocycles. The number of aliphatic hydroxyl groups excluding tert-OH is 12. The quantitative estimate of drug-likeness (QED) is 0.0353. The van der Waals surface area contributed by atoms with Gasteiger partial charge in [-0.3, -0.25) is 19.4 Å². The van der Waals surface area contributed by atoms with Crippen LogP contribution in [0, 0.1) is 41.4 Å². The zero-order valence-corrected chi connectivity index (χ0v) is 52.8. The molecule has 0 amide bonds. The minimum atomic E-state index is -2.54. The van der Waals surface area contributed by atoms with Crippen LogP contribution in [0.25, 0.3) is 0 Å². The predicted molar refractivity (Wildman–Crippen MR) is 324 cm³/mol. The molecule has 1 saturated heterocycles. The van der Waals surface area contributed by atoms with Crippen LogP contribution in [-0.2, 0) is 28.6 Å². The average Bonchev–Trinajstić information content (AvgIpc) is 1.21. The van der Waals surface area contributed by atoms with Crippen molar-refractivity contribution in [2.24, 2.45) is 46.4 Å². The van der Waals surface area contributed by atoms with Crippen molar-refractivity contribution in [1.82, 2.24) is 10.6 Å². The van der Waals surface area contributed by atoms with Crippen LogP contribution in [0.2, 0.25) is 0 Å². The first-order valence-corrected chi connectivity index (χ1v) is 31.0. The summed E-state index contributed by atoms with van der Waals surface area (Å²) in [5.41, 5.74) is 1.49. The number of esters is 2. The number of carbonyl (C=O) groups is 3. The number of carboxylic acid groups (broad SMARTS) is 1. The lowest BCUT2D eigenvalue weighted by Crippen LogP contribution is -2.60. The van der Waals surface area contributed by atoms with Gasteiger partial charge in [0.2, 0.25) is 0 Å². The number of allylic oxidation sites excluding steroid dienone is 4. The summed E-state index contributed by atoms with van der Waals surface area (Å²) in [6.45, 7) is 16.3. The number of aliphatic imine (C=N–C) groups is 1. The molecule has 0 aromatic carbocycles. The van der Waals surface area contributed by atoms with Crippen molar-refractivity contribution >= 4 is 23.9 Å². The number of unbranched alkanes of at least 4 members (excludes halogenated alkanes) is 2. The summed E-state index contributed by atoms with van der Waals surface area (Å²) in [4.78, 5) is 42.1. The number of aliphatic hydroxyl groups is 13. The first-order valence-electron chi connectivity index (χ1n) is 31.0. The summed E-state index contributed by atoms with van der Waals surface area (Å²) in [6, 6.07) is 0. The van der Waals surface area contributed by atoms with Gasteiger partial charge in [-0.25, -0.2) is 0 Å². The van der Waals surface area contributed by atoms with Crippen LogP contribution in [0.15, 0.2) is 52.6 Å². The molecule has 0 radical (unpaired) electrons. The van der Waals surface area contributed by atoms with Gasteiger partial charge in [-0.15, -0.1) is 0 Å². The van der Waals surface area contributed by atoms with Gasteiger partial charge in [0.1, 0.15) is 24.7 Å². The summed E-state index contributed by atoms with van der Waals surface area (Å²) < 4.78 is 17.6. The van der Waals surface area contributed by atoms with Crippen LogP contribution in [0.3, 0.4) is 0 Å². The molecule has 86 heavy (non-hydrogen) atoms. The minimum absolute atomic E-state index is 0.00173. The maximum Gasteiger partial charge on any atom is 0.317 e. The van der Waals surface area contributed by atoms with Crippen molar-refractivity contribution in [2.75, 3.05) is 20.6 Å². The van der Waals surface area contributed by atoms with Gasteiger partial charge in [-0.05, 0) is 102 Å². The monoisotopic (exact) mass is 1230 g/mol. The molecule has 2 aliphatic rings. The summed E-state index contributed by atoms with van der Waals surface area (Å²) in [5.74, 6) is -9.68. The zero-order chi connectivity index (χ0) is 65.2. The first-order chi connectivity index (χ1) is 40.2. The Balaban J connectivity index is 2.48. The number of carboxylic acids is 1. The Hall–Kier alpha value is -3.92. The van der Waals surface area contributed by atoms with E-state index in [2.05, 4.69) is 21.7 Å². The SMILES string of the molecule is CN=C(NC)NCCCC/C=C(\C)CC(C)C1OC(=O)C(C)C(O)C(C)=CCC(O)C(C)C(O)CC(O)C(C)C(O)CCCC(C)C(O)C[C@]2(O)O[C@H](CC(OC(=O)CC(=O)O)CC(O)CC(O)CC(O)C(C)C(O)C=CC=CC1C)C[C@H](O)[C@H]2O. The molecular formula is C63H111N3O20. The zero-order valence-electron chi connectivity index (χ0n) is 52.8. The number of nitrogens with zero attached hydrogens (tertiary/aromatic N) is 1. The molecule has 23 nitrogen and oxygen atoms in total. The molecule has 2 bridgehead atoms. The van der Waals surface area contributed by atoms with Crippen molar-refractivity contribution < 1.29 is 100 Å². The molecule has 23 heteroatoms. The van der Waals surface area contributed by atoms with Crippen molar-refractivity contribution in [3.8, 4) is 0 Å². The maximum atomic E-state index is 14.0. The average molecular weight is 1230 g/mol. The van der Waals surface area contributed by atoms with E-state index in [9.17, 15) is 85.9 Å². The fraction of sp³-hybridized carbons (Fsp3) is 0.810. The lowest BCUT2D eigenvalue weighted by atomic mass is 9.84. The lowest BCUT2D eigenvalue weighted by molar-refractivity contribution is -0.333. The number of guanidine groups is 1. The van der Waals surface area contributed by atoms with Gasteiger partial charge in [0, 0.05) is 70.0 Å². The second-order valence-corrected chi connectivity index (χ2v) is 25.0. The van der Waals surface area contributed by atoms with E-state index in [-0.39, 0.29) is 63.2 Å². The van der Waals surface area contributed by atoms with E-state index in [0.29, 0.717) is 24.4 Å². The van der Waals surface area contributed by atoms with E-state index >= 15 is 0 Å². The fourth-order valence-corrected chi connectivity index (χ4v) is 11.2. The van der Waals surface area contributed by atoms with Crippen LogP contribution in [0.1, 0.15) is 165 Å². The highest BCUT2D eigenvalue weighted by Crippen LogP contribution is 2.37. The number of ether oxygens (including phenoxy) is 3.